The van der Waals surface area contributed by atoms with E-state index in [0.29, 0.717) is 25.7 Å². The molecule has 6 heteroatoms. The Labute approximate surface area is 178 Å². The minimum Gasteiger partial charge on any atom is -0.460 e. The summed E-state index contributed by atoms with van der Waals surface area (Å²) < 4.78 is 11.0. The predicted molar refractivity (Wildman–Crippen MR) is 113 cm³/mol. The van der Waals surface area contributed by atoms with Gasteiger partial charge in [-0.05, 0) is 36.8 Å². The molecule has 0 amide bonds. The standard InChI is InChI=1S/C23H27NO4.ClH/c24-23(15-7-8-16-23)28-22(26)20(14-13-18-9-3-1-4-10-18)21(25)27-17-19-11-5-2-6-12-19;/h1-6,9-12,20H,7-8,13-17,24H2;1H/t20-;/m0./s1. The number of hydrogen-bond acceptors (Lipinski definition) is 5. The number of nitrogens with two attached hydrogens (primary N) is 1. The van der Waals surface area contributed by atoms with Crippen LogP contribution < -0.4 is 5.73 Å². The number of carbonyl (C=O) groups excluding carboxylic acids is 2. The molecule has 0 bridgehead atoms. The summed E-state index contributed by atoms with van der Waals surface area (Å²) in [5.41, 5.74) is 7.15. The zero-order valence-electron chi connectivity index (χ0n) is 16.4. The summed E-state index contributed by atoms with van der Waals surface area (Å²) in [6.07, 6.45) is 4.02. The molecule has 0 unspecified atom stereocenters. The highest BCUT2D eigenvalue weighted by atomic mass is 35.5. The van der Waals surface area contributed by atoms with Gasteiger partial charge in [0.25, 0.3) is 0 Å². The first-order valence-corrected chi connectivity index (χ1v) is 9.82. The van der Waals surface area contributed by atoms with Crippen LogP contribution in [0.5, 0.6) is 0 Å². The lowest BCUT2D eigenvalue weighted by atomic mass is 9.99. The molecule has 0 heterocycles. The Kier molecular flexibility index (Phi) is 8.68. The Bertz CT molecular complexity index is 776. The number of benzene rings is 2. The second-order valence-electron chi connectivity index (χ2n) is 7.36. The van der Waals surface area contributed by atoms with Crippen molar-refractivity contribution >= 4 is 24.3 Å². The van der Waals surface area contributed by atoms with Crippen LogP contribution in [0.2, 0.25) is 0 Å². The summed E-state index contributed by atoms with van der Waals surface area (Å²) in [4.78, 5) is 25.5. The molecule has 0 saturated heterocycles. The van der Waals surface area contributed by atoms with Gasteiger partial charge in [0.15, 0.2) is 11.6 Å². The maximum absolute atomic E-state index is 12.8. The predicted octanol–water partition coefficient (Wildman–Crippen LogP) is 4.17. The van der Waals surface area contributed by atoms with Crippen LogP contribution in [-0.4, -0.2) is 17.7 Å². The molecule has 5 nitrogen and oxygen atoms in total. The molecule has 29 heavy (non-hydrogen) atoms. The highest BCUT2D eigenvalue weighted by Crippen LogP contribution is 2.30. The minimum absolute atomic E-state index is 0. The molecule has 0 radical (unpaired) electrons. The monoisotopic (exact) mass is 417 g/mol. The van der Waals surface area contributed by atoms with Gasteiger partial charge in [-0.1, -0.05) is 60.7 Å². The van der Waals surface area contributed by atoms with Crippen LogP contribution in [0.3, 0.4) is 0 Å². The molecule has 0 aliphatic heterocycles. The highest BCUT2D eigenvalue weighted by Gasteiger charge is 2.38. The molecule has 1 fully saturated rings. The third-order valence-electron chi connectivity index (χ3n) is 5.11. The number of aryl methyl sites for hydroxylation is 1. The van der Waals surface area contributed by atoms with E-state index in [4.69, 9.17) is 15.2 Å². The van der Waals surface area contributed by atoms with Crippen molar-refractivity contribution in [1.29, 1.82) is 0 Å². The van der Waals surface area contributed by atoms with Gasteiger partial charge in [-0.15, -0.1) is 12.4 Å². The van der Waals surface area contributed by atoms with Gasteiger partial charge in [-0.25, -0.2) is 0 Å². The van der Waals surface area contributed by atoms with E-state index >= 15 is 0 Å². The van der Waals surface area contributed by atoms with Crippen molar-refractivity contribution in [3.8, 4) is 0 Å². The van der Waals surface area contributed by atoms with Crippen molar-refractivity contribution < 1.29 is 19.1 Å². The summed E-state index contributed by atoms with van der Waals surface area (Å²) >= 11 is 0. The molecule has 2 aromatic carbocycles. The lowest BCUT2D eigenvalue weighted by Gasteiger charge is -2.26. The van der Waals surface area contributed by atoms with E-state index in [0.717, 1.165) is 24.0 Å². The molecule has 156 valence electrons. The molecule has 1 aliphatic rings. The fourth-order valence-electron chi connectivity index (χ4n) is 3.46. The molecule has 0 aromatic heterocycles. The first kappa shape index (κ1) is 22.9. The minimum atomic E-state index is -0.982. The molecular weight excluding hydrogens is 390 g/mol. The van der Waals surface area contributed by atoms with Gasteiger partial charge >= 0.3 is 11.9 Å². The number of carbonyl (C=O) groups is 2. The lowest BCUT2D eigenvalue weighted by molar-refractivity contribution is -0.172. The third kappa shape index (κ3) is 6.87. The molecule has 1 saturated carbocycles. The van der Waals surface area contributed by atoms with Crippen LogP contribution in [0.15, 0.2) is 60.7 Å². The van der Waals surface area contributed by atoms with E-state index in [2.05, 4.69) is 0 Å². The Balaban J connectivity index is 0.00000300. The number of hydrogen-bond donors (Lipinski definition) is 1. The van der Waals surface area contributed by atoms with Gasteiger partial charge in [0.1, 0.15) is 6.61 Å². The summed E-state index contributed by atoms with van der Waals surface area (Å²) in [6.45, 7) is 0.128. The van der Waals surface area contributed by atoms with E-state index < -0.39 is 23.6 Å². The Morgan fingerprint density at radius 3 is 2.03 bits per heavy atom. The SMILES string of the molecule is Cl.NC1(OC(=O)[C@@H](CCc2ccccc2)C(=O)OCc2ccccc2)CCCC1. The maximum Gasteiger partial charge on any atom is 0.322 e. The van der Waals surface area contributed by atoms with Crippen LogP contribution in [0.4, 0.5) is 0 Å². The van der Waals surface area contributed by atoms with Crippen molar-refractivity contribution in [2.45, 2.75) is 50.9 Å². The third-order valence-corrected chi connectivity index (χ3v) is 5.11. The second-order valence-corrected chi connectivity index (χ2v) is 7.36. The van der Waals surface area contributed by atoms with Crippen LogP contribution in [-0.2, 0) is 32.1 Å². The van der Waals surface area contributed by atoms with Gasteiger partial charge in [-0.2, -0.15) is 0 Å². The van der Waals surface area contributed by atoms with Crippen molar-refractivity contribution in [3.63, 3.8) is 0 Å². The molecule has 2 aromatic rings. The Morgan fingerprint density at radius 1 is 0.897 bits per heavy atom. The number of esters is 2. The van der Waals surface area contributed by atoms with Crippen molar-refractivity contribution in [2.24, 2.45) is 11.7 Å². The van der Waals surface area contributed by atoms with Gasteiger partial charge in [-0.3, -0.25) is 15.3 Å². The first-order chi connectivity index (χ1) is 13.6. The summed E-state index contributed by atoms with van der Waals surface area (Å²) in [5.74, 6) is -2.13. The molecule has 1 aliphatic carbocycles. The van der Waals surface area contributed by atoms with Gasteiger partial charge < -0.3 is 9.47 Å². The van der Waals surface area contributed by atoms with Crippen molar-refractivity contribution in [2.75, 3.05) is 0 Å². The highest BCUT2D eigenvalue weighted by molar-refractivity contribution is 5.95. The zero-order valence-corrected chi connectivity index (χ0v) is 17.2. The second kappa shape index (κ2) is 11.0. The number of rotatable bonds is 8. The number of halogens is 1. The average Bonchev–Trinajstić information content (AvgIpc) is 3.14. The fraction of sp³-hybridized carbons (Fsp3) is 0.391. The number of ether oxygens (including phenoxy) is 2. The van der Waals surface area contributed by atoms with Crippen molar-refractivity contribution in [3.05, 3.63) is 71.8 Å². The zero-order chi connectivity index (χ0) is 19.8. The smallest absolute Gasteiger partial charge is 0.322 e. The van der Waals surface area contributed by atoms with Crippen LogP contribution >= 0.6 is 12.4 Å². The van der Waals surface area contributed by atoms with Gasteiger partial charge in [0.2, 0.25) is 0 Å². The maximum atomic E-state index is 12.8. The fourth-order valence-corrected chi connectivity index (χ4v) is 3.46. The Hall–Kier alpha value is -2.37. The summed E-state index contributed by atoms with van der Waals surface area (Å²) in [7, 11) is 0. The lowest BCUT2D eigenvalue weighted by Crippen LogP contribution is -2.44. The van der Waals surface area contributed by atoms with E-state index in [1.54, 1.807) is 0 Å². The van der Waals surface area contributed by atoms with Crippen LogP contribution in [0.1, 0.15) is 43.2 Å². The Morgan fingerprint density at radius 2 is 1.45 bits per heavy atom. The van der Waals surface area contributed by atoms with E-state index in [9.17, 15) is 9.59 Å². The molecule has 1 atom stereocenters. The van der Waals surface area contributed by atoms with E-state index in [-0.39, 0.29) is 19.0 Å². The van der Waals surface area contributed by atoms with Crippen molar-refractivity contribution in [1.82, 2.24) is 0 Å². The quantitative estimate of drug-likeness (QED) is 0.396. The van der Waals surface area contributed by atoms with Crippen LogP contribution in [0.25, 0.3) is 0 Å². The molecular formula is C23H28ClNO4. The average molecular weight is 418 g/mol. The molecule has 2 N–H and O–H groups in total. The molecule has 0 spiro atoms. The van der Waals surface area contributed by atoms with Gasteiger partial charge in [0.05, 0.1) is 0 Å². The van der Waals surface area contributed by atoms with Crippen LogP contribution in [0, 0.1) is 5.92 Å². The summed E-state index contributed by atoms with van der Waals surface area (Å²) in [5, 5.41) is 0. The first-order valence-electron chi connectivity index (χ1n) is 9.82. The van der Waals surface area contributed by atoms with E-state index in [1.807, 2.05) is 60.7 Å². The molecule has 3 rings (SSSR count). The normalized spacial score (nSPS) is 15.8. The van der Waals surface area contributed by atoms with Gasteiger partial charge in [0, 0.05) is 12.8 Å². The van der Waals surface area contributed by atoms with E-state index in [1.165, 1.54) is 0 Å². The topological polar surface area (TPSA) is 78.6 Å². The summed E-state index contributed by atoms with van der Waals surface area (Å²) in [6, 6.07) is 19.1. The largest absolute Gasteiger partial charge is 0.460 e.